The Bertz CT molecular complexity index is 517. The summed E-state index contributed by atoms with van der Waals surface area (Å²) in [5.41, 5.74) is 1.94. The zero-order valence-corrected chi connectivity index (χ0v) is 11.5. The van der Waals surface area contributed by atoms with Gasteiger partial charge < -0.3 is 9.64 Å². The fraction of sp³-hybridized carbons (Fsp3) is 0.615. The first-order valence-corrected chi connectivity index (χ1v) is 6.26. The van der Waals surface area contributed by atoms with Crippen molar-refractivity contribution in [1.29, 1.82) is 5.26 Å². The molecule has 1 aliphatic rings. The third kappa shape index (κ3) is 2.34. The number of aromatic nitrogens is 2. The van der Waals surface area contributed by atoms with Crippen LogP contribution >= 0.6 is 0 Å². The number of likely N-dealkylation sites (tertiary alicyclic amines) is 1. The van der Waals surface area contributed by atoms with Crippen LogP contribution in [0.3, 0.4) is 0 Å². The average Bonchev–Trinajstić information content (AvgIpc) is 2.88. The highest BCUT2D eigenvalue weighted by molar-refractivity contribution is 5.80. The molecule has 0 unspecified atom stereocenters. The molecule has 1 aromatic heterocycles. The number of nitrogens with zero attached hydrogens (tertiary/aromatic N) is 4. The summed E-state index contributed by atoms with van der Waals surface area (Å²) in [4.78, 5) is 13.8. The smallest absolute Gasteiger partial charge is 0.224 e. The van der Waals surface area contributed by atoms with Gasteiger partial charge in [-0.3, -0.25) is 9.48 Å². The molecule has 0 spiro atoms. The fourth-order valence-electron chi connectivity index (χ4n) is 2.55. The molecule has 1 fully saturated rings. The molecule has 1 amide bonds. The van der Waals surface area contributed by atoms with Crippen molar-refractivity contribution in [2.24, 2.45) is 13.0 Å². The van der Waals surface area contributed by atoms with E-state index in [1.807, 2.05) is 14.0 Å². The first-order valence-electron chi connectivity index (χ1n) is 6.26. The predicted octanol–water partition coefficient (Wildman–Crippen LogP) is 0.788. The van der Waals surface area contributed by atoms with Crippen molar-refractivity contribution in [3.05, 3.63) is 17.5 Å². The summed E-state index contributed by atoms with van der Waals surface area (Å²) in [7, 11) is 3.46. The van der Waals surface area contributed by atoms with Crippen molar-refractivity contribution in [3.8, 4) is 6.07 Å². The zero-order chi connectivity index (χ0) is 14.0. The SMILES string of the molecule is COCCN1C(=O)C[C@@H](C#N)[C@@H]1c1cnn(C)c1C. The Morgan fingerprint density at radius 2 is 2.37 bits per heavy atom. The predicted molar refractivity (Wildman–Crippen MR) is 68.0 cm³/mol. The highest BCUT2D eigenvalue weighted by atomic mass is 16.5. The van der Waals surface area contributed by atoms with Gasteiger partial charge in [0.2, 0.25) is 5.91 Å². The van der Waals surface area contributed by atoms with Crippen LogP contribution in [0.2, 0.25) is 0 Å². The molecule has 0 radical (unpaired) electrons. The second-order valence-corrected chi connectivity index (χ2v) is 4.77. The Balaban J connectivity index is 2.34. The zero-order valence-electron chi connectivity index (χ0n) is 11.5. The molecule has 1 aliphatic heterocycles. The van der Waals surface area contributed by atoms with E-state index in [2.05, 4.69) is 11.2 Å². The van der Waals surface area contributed by atoms with Gasteiger partial charge in [-0.05, 0) is 6.92 Å². The molecule has 0 bridgehead atoms. The molecule has 19 heavy (non-hydrogen) atoms. The first kappa shape index (κ1) is 13.6. The molecule has 0 saturated carbocycles. The van der Waals surface area contributed by atoms with Crippen molar-refractivity contribution in [1.82, 2.24) is 14.7 Å². The third-order valence-corrected chi connectivity index (χ3v) is 3.73. The molecular formula is C13H18N4O2. The summed E-state index contributed by atoms with van der Waals surface area (Å²) < 4.78 is 6.81. The highest BCUT2D eigenvalue weighted by Gasteiger charge is 2.41. The standard InChI is InChI=1S/C13H18N4O2/c1-9-11(8-15-16(9)2)13-10(7-14)6-12(18)17(13)4-5-19-3/h8,10,13H,4-6H2,1-3H3/t10-,13+/m0/s1. The van der Waals surface area contributed by atoms with E-state index in [4.69, 9.17) is 4.74 Å². The first-order chi connectivity index (χ1) is 9.10. The van der Waals surface area contributed by atoms with E-state index in [1.165, 1.54) is 0 Å². The number of amides is 1. The molecule has 6 heteroatoms. The van der Waals surface area contributed by atoms with Gasteiger partial charge in [0.05, 0.1) is 30.8 Å². The maximum Gasteiger partial charge on any atom is 0.224 e. The summed E-state index contributed by atoms with van der Waals surface area (Å²) in [6.45, 7) is 2.93. The van der Waals surface area contributed by atoms with Gasteiger partial charge in [0.25, 0.3) is 0 Å². The van der Waals surface area contributed by atoms with Crippen LogP contribution < -0.4 is 0 Å². The van der Waals surface area contributed by atoms with E-state index >= 15 is 0 Å². The van der Waals surface area contributed by atoms with E-state index in [1.54, 1.807) is 22.9 Å². The van der Waals surface area contributed by atoms with Crippen LogP contribution in [-0.2, 0) is 16.6 Å². The molecule has 0 aliphatic carbocycles. The number of rotatable bonds is 4. The highest BCUT2D eigenvalue weighted by Crippen LogP contribution is 2.38. The lowest BCUT2D eigenvalue weighted by Crippen LogP contribution is -2.32. The van der Waals surface area contributed by atoms with Gasteiger partial charge in [-0.1, -0.05) is 0 Å². The molecule has 2 atom stereocenters. The summed E-state index contributed by atoms with van der Waals surface area (Å²) in [6, 6.07) is 2.04. The lowest BCUT2D eigenvalue weighted by molar-refractivity contribution is -0.129. The van der Waals surface area contributed by atoms with Gasteiger partial charge in [0, 0.05) is 38.4 Å². The van der Waals surface area contributed by atoms with Crippen LogP contribution in [0.25, 0.3) is 0 Å². The van der Waals surface area contributed by atoms with Crippen LogP contribution in [0.4, 0.5) is 0 Å². The number of carbonyl (C=O) groups excluding carboxylic acids is 1. The second-order valence-electron chi connectivity index (χ2n) is 4.77. The second kappa shape index (κ2) is 5.41. The quantitative estimate of drug-likeness (QED) is 0.804. The molecule has 0 N–H and O–H groups in total. The number of nitriles is 1. The van der Waals surface area contributed by atoms with E-state index in [0.717, 1.165) is 11.3 Å². The molecule has 1 saturated heterocycles. The Morgan fingerprint density at radius 1 is 1.63 bits per heavy atom. The molecule has 6 nitrogen and oxygen atoms in total. The monoisotopic (exact) mass is 262 g/mol. The molecule has 102 valence electrons. The lowest BCUT2D eigenvalue weighted by atomic mass is 9.95. The summed E-state index contributed by atoms with van der Waals surface area (Å²) in [5.74, 6) is -0.302. The van der Waals surface area contributed by atoms with Crippen molar-refractivity contribution >= 4 is 5.91 Å². The average molecular weight is 262 g/mol. The lowest BCUT2D eigenvalue weighted by Gasteiger charge is -2.25. The largest absolute Gasteiger partial charge is 0.383 e. The molecular weight excluding hydrogens is 244 g/mol. The topological polar surface area (TPSA) is 71.2 Å². The van der Waals surface area contributed by atoms with Crippen LogP contribution in [0.5, 0.6) is 0 Å². The van der Waals surface area contributed by atoms with Crippen LogP contribution in [-0.4, -0.2) is 40.8 Å². The van der Waals surface area contributed by atoms with Gasteiger partial charge >= 0.3 is 0 Å². The van der Waals surface area contributed by atoms with Crippen molar-refractivity contribution in [3.63, 3.8) is 0 Å². The van der Waals surface area contributed by atoms with E-state index in [9.17, 15) is 10.1 Å². The number of hydrogen-bond acceptors (Lipinski definition) is 4. The number of ether oxygens (including phenoxy) is 1. The van der Waals surface area contributed by atoms with Gasteiger partial charge in [-0.2, -0.15) is 10.4 Å². The minimum Gasteiger partial charge on any atom is -0.383 e. The fourth-order valence-corrected chi connectivity index (χ4v) is 2.55. The van der Waals surface area contributed by atoms with Gasteiger partial charge in [0.15, 0.2) is 0 Å². The van der Waals surface area contributed by atoms with E-state index in [0.29, 0.717) is 13.2 Å². The van der Waals surface area contributed by atoms with Crippen LogP contribution in [0.1, 0.15) is 23.7 Å². The summed E-state index contributed by atoms with van der Waals surface area (Å²) >= 11 is 0. The molecule has 0 aromatic carbocycles. The Labute approximate surface area is 112 Å². The molecule has 2 heterocycles. The number of hydrogen-bond donors (Lipinski definition) is 0. The summed E-state index contributed by atoms with van der Waals surface area (Å²) in [6.07, 6.45) is 2.03. The Morgan fingerprint density at radius 3 is 2.89 bits per heavy atom. The maximum atomic E-state index is 12.0. The van der Waals surface area contributed by atoms with Crippen LogP contribution in [0, 0.1) is 24.2 Å². The maximum absolute atomic E-state index is 12.0. The number of aryl methyl sites for hydroxylation is 1. The summed E-state index contributed by atoms with van der Waals surface area (Å²) in [5, 5.41) is 13.5. The Kier molecular flexibility index (Phi) is 3.86. The molecule has 2 rings (SSSR count). The number of methoxy groups -OCH3 is 1. The third-order valence-electron chi connectivity index (χ3n) is 3.73. The number of carbonyl (C=O) groups is 1. The van der Waals surface area contributed by atoms with Gasteiger partial charge in [-0.25, -0.2) is 0 Å². The minimum atomic E-state index is -0.313. The van der Waals surface area contributed by atoms with Crippen molar-refractivity contribution in [2.75, 3.05) is 20.3 Å². The van der Waals surface area contributed by atoms with Gasteiger partial charge in [0.1, 0.15) is 0 Å². The normalized spacial score (nSPS) is 22.8. The van der Waals surface area contributed by atoms with Crippen LogP contribution in [0.15, 0.2) is 6.20 Å². The Hall–Kier alpha value is -1.87. The van der Waals surface area contributed by atoms with Crippen molar-refractivity contribution < 1.29 is 9.53 Å². The van der Waals surface area contributed by atoms with E-state index in [-0.39, 0.29) is 24.3 Å². The van der Waals surface area contributed by atoms with Crippen molar-refractivity contribution in [2.45, 2.75) is 19.4 Å². The van der Waals surface area contributed by atoms with E-state index < -0.39 is 0 Å². The van der Waals surface area contributed by atoms with Gasteiger partial charge in [-0.15, -0.1) is 0 Å². The minimum absolute atomic E-state index is 0.0110. The molecule has 1 aromatic rings.